The van der Waals surface area contributed by atoms with Crippen molar-refractivity contribution < 1.29 is 4.74 Å². The molecule has 102 valence electrons. The number of hydrogen-bond donors (Lipinski definition) is 0. The number of hydrogen-bond acceptors (Lipinski definition) is 3. The molecule has 0 amide bonds. The van der Waals surface area contributed by atoms with Gasteiger partial charge in [0.1, 0.15) is 11.1 Å². The van der Waals surface area contributed by atoms with Gasteiger partial charge < -0.3 is 4.74 Å². The van der Waals surface area contributed by atoms with Gasteiger partial charge in [-0.05, 0) is 49.2 Å². The molecule has 0 bridgehead atoms. The number of fused-ring (bicyclic) bond motifs is 2. The average molecular weight is 283 g/mol. The molecule has 0 unspecified atom stereocenters. The molecular formula is C17H17NOS. The molecule has 1 heterocycles. The van der Waals surface area contributed by atoms with Gasteiger partial charge in [-0.25, -0.2) is 4.99 Å². The van der Waals surface area contributed by atoms with E-state index in [1.807, 2.05) is 6.92 Å². The zero-order valence-corrected chi connectivity index (χ0v) is 13.0. The van der Waals surface area contributed by atoms with Crippen LogP contribution in [0.4, 0.5) is 5.69 Å². The van der Waals surface area contributed by atoms with Gasteiger partial charge in [-0.2, -0.15) is 0 Å². The molecule has 2 aromatic carbocycles. The molecule has 0 atom stereocenters. The zero-order valence-electron chi connectivity index (χ0n) is 12.2. The third kappa shape index (κ3) is 1.85. The van der Waals surface area contributed by atoms with Crippen LogP contribution in [-0.2, 0) is 0 Å². The second kappa shape index (κ2) is 4.67. The van der Waals surface area contributed by atoms with Gasteiger partial charge in [-0.1, -0.05) is 24.4 Å². The number of ether oxygens (including phenoxy) is 1. The number of methoxy groups -OCH3 is 1. The normalized spacial score (nSPS) is 12.4. The first-order chi connectivity index (χ1) is 9.52. The van der Waals surface area contributed by atoms with E-state index in [-0.39, 0.29) is 0 Å². The van der Waals surface area contributed by atoms with Crippen molar-refractivity contribution >= 4 is 24.0 Å². The Kier molecular flexibility index (Phi) is 3.09. The largest absolute Gasteiger partial charge is 0.494 e. The summed E-state index contributed by atoms with van der Waals surface area (Å²) in [5.41, 5.74) is 4.53. The molecule has 0 fully saturated rings. The van der Waals surface area contributed by atoms with E-state index in [0.717, 1.165) is 32.5 Å². The van der Waals surface area contributed by atoms with Crippen LogP contribution < -0.4 is 15.3 Å². The van der Waals surface area contributed by atoms with Gasteiger partial charge in [0.2, 0.25) is 0 Å². The summed E-state index contributed by atoms with van der Waals surface area (Å²) >= 11 is 1.76. The molecule has 0 saturated carbocycles. The van der Waals surface area contributed by atoms with Gasteiger partial charge in [-0.3, -0.25) is 0 Å². The van der Waals surface area contributed by atoms with Crippen LogP contribution in [0.1, 0.15) is 16.7 Å². The summed E-state index contributed by atoms with van der Waals surface area (Å²) < 4.78 is 5.57. The minimum atomic E-state index is 0.842. The molecule has 1 aliphatic rings. The van der Waals surface area contributed by atoms with Crippen LogP contribution >= 0.6 is 11.8 Å². The molecule has 0 radical (unpaired) electrons. The van der Waals surface area contributed by atoms with Crippen LogP contribution in [0.3, 0.4) is 0 Å². The molecule has 0 N–H and O–H groups in total. The molecule has 2 aromatic rings. The second-order valence-electron chi connectivity index (χ2n) is 5.12. The van der Waals surface area contributed by atoms with Crippen LogP contribution in [0.25, 0.3) is 6.58 Å². The fraction of sp³-hybridized carbons (Fsp3) is 0.235. The van der Waals surface area contributed by atoms with Crippen molar-refractivity contribution in [3.8, 4) is 5.75 Å². The maximum atomic E-state index is 5.57. The van der Waals surface area contributed by atoms with E-state index < -0.39 is 0 Å². The Balaban J connectivity index is 2.42. The Morgan fingerprint density at radius 1 is 1.15 bits per heavy atom. The second-order valence-corrected chi connectivity index (χ2v) is 6.18. The fourth-order valence-corrected chi connectivity index (χ4v) is 3.71. The Bertz CT molecular complexity index is 824. The third-order valence-corrected chi connectivity index (χ3v) is 5.03. The van der Waals surface area contributed by atoms with Crippen LogP contribution in [0.5, 0.6) is 5.75 Å². The first-order valence-corrected chi connectivity index (χ1v) is 7.38. The maximum absolute atomic E-state index is 5.57. The topological polar surface area (TPSA) is 21.6 Å². The smallest absolute Gasteiger partial charge is 0.149 e. The van der Waals surface area contributed by atoms with Crippen molar-refractivity contribution in [1.29, 1.82) is 0 Å². The monoisotopic (exact) mass is 283 g/mol. The molecule has 0 spiro atoms. The van der Waals surface area contributed by atoms with E-state index in [9.17, 15) is 0 Å². The fourth-order valence-electron chi connectivity index (χ4n) is 2.52. The predicted octanol–water partition coefficient (Wildman–Crippen LogP) is 3.45. The SMILES string of the molecule is C=c1c(C)c(OC)c2c(c1C)Sc1cc(C)ccc1N=2. The third-order valence-electron chi connectivity index (χ3n) is 3.78. The summed E-state index contributed by atoms with van der Waals surface area (Å²) in [6, 6.07) is 6.35. The first-order valence-electron chi connectivity index (χ1n) is 6.56. The van der Waals surface area contributed by atoms with Gasteiger partial charge in [-0.15, -0.1) is 0 Å². The molecule has 3 heteroatoms. The van der Waals surface area contributed by atoms with E-state index in [0.29, 0.717) is 0 Å². The van der Waals surface area contributed by atoms with Gasteiger partial charge in [0.25, 0.3) is 0 Å². The Labute approximate surface area is 123 Å². The van der Waals surface area contributed by atoms with Crippen LogP contribution in [-0.4, -0.2) is 7.11 Å². The van der Waals surface area contributed by atoms with E-state index in [1.165, 1.54) is 16.0 Å². The highest BCUT2D eigenvalue weighted by Crippen LogP contribution is 2.39. The lowest BCUT2D eigenvalue weighted by Gasteiger charge is -2.18. The van der Waals surface area contributed by atoms with Gasteiger partial charge in [0.05, 0.1) is 12.8 Å². The molecule has 3 rings (SSSR count). The summed E-state index contributed by atoms with van der Waals surface area (Å²) in [6.45, 7) is 10.4. The van der Waals surface area contributed by atoms with Crippen molar-refractivity contribution in [3.63, 3.8) is 0 Å². The number of aryl methyl sites for hydroxylation is 1. The molecule has 20 heavy (non-hydrogen) atoms. The molecular weight excluding hydrogens is 266 g/mol. The van der Waals surface area contributed by atoms with Crippen LogP contribution in [0.15, 0.2) is 33.0 Å². The number of benzene rings is 2. The minimum absolute atomic E-state index is 0.842. The van der Waals surface area contributed by atoms with Gasteiger partial charge >= 0.3 is 0 Å². The van der Waals surface area contributed by atoms with Crippen molar-refractivity contribution in [2.45, 2.75) is 30.6 Å². The quantitative estimate of drug-likeness (QED) is 0.682. The summed E-state index contributed by atoms with van der Waals surface area (Å²) in [5, 5.41) is 1.98. The Morgan fingerprint density at radius 3 is 2.60 bits per heavy atom. The van der Waals surface area contributed by atoms with E-state index in [1.54, 1.807) is 18.9 Å². The van der Waals surface area contributed by atoms with E-state index >= 15 is 0 Å². The molecule has 0 saturated heterocycles. The predicted molar refractivity (Wildman–Crippen MR) is 83.7 cm³/mol. The lowest BCUT2D eigenvalue weighted by atomic mass is 10.1. The summed E-state index contributed by atoms with van der Waals surface area (Å²) in [6.07, 6.45) is 0. The molecule has 1 aliphatic heterocycles. The van der Waals surface area contributed by atoms with Crippen LogP contribution in [0, 0.1) is 20.8 Å². The molecule has 0 aromatic heterocycles. The van der Waals surface area contributed by atoms with E-state index in [2.05, 4.69) is 38.6 Å². The average Bonchev–Trinajstić information content (AvgIpc) is 2.44. The van der Waals surface area contributed by atoms with Crippen molar-refractivity contribution in [1.82, 2.24) is 0 Å². The Morgan fingerprint density at radius 2 is 1.90 bits per heavy atom. The number of rotatable bonds is 1. The molecule has 0 aliphatic carbocycles. The lowest BCUT2D eigenvalue weighted by molar-refractivity contribution is 0.404. The van der Waals surface area contributed by atoms with Crippen molar-refractivity contribution in [3.05, 3.63) is 45.5 Å². The van der Waals surface area contributed by atoms with Gasteiger partial charge in [0, 0.05) is 15.4 Å². The summed E-state index contributed by atoms with van der Waals surface area (Å²) in [4.78, 5) is 7.17. The highest BCUT2D eigenvalue weighted by Gasteiger charge is 2.19. The van der Waals surface area contributed by atoms with Gasteiger partial charge in [0.15, 0.2) is 0 Å². The van der Waals surface area contributed by atoms with Crippen LogP contribution in [0.2, 0.25) is 0 Å². The number of nitrogens with zero attached hydrogens (tertiary/aromatic N) is 1. The maximum Gasteiger partial charge on any atom is 0.149 e. The van der Waals surface area contributed by atoms with Crippen molar-refractivity contribution in [2.24, 2.45) is 4.99 Å². The molecule has 2 nitrogen and oxygen atoms in total. The van der Waals surface area contributed by atoms with Crippen molar-refractivity contribution in [2.75, 3.05) is 7.11 Å². The summed E-state index contributed by atoms with van der Waals surface area (Å²) in [7, 11) is 1.70. The first kappa shape index (κ1) is 13.3. The minimum Gasteiger partial charge on any atom is -0.494 e. The standard InChI is InChI=1S/C17H17NOS/c1-9-6-7-13-14(8-9)20-17-12(4)10(2)11(3)16(19-5)15(17)18-13/h6-8H,2H2,1,3-5H3. The lowest BCUT2D eigenvalue weighted by Crippen LogP contribution is -2.23. The zero-order chi connectivity index (χ0) is 14.4. The highest BCUT2D eigenvalue weighted by atomic mass is 32.2. The highest BCUT2D eigenvalue weighted by molar-refractivity contribution is 7.99. The Hall–Kier alpha value is -1.74. The summed E-state index contributed by atoms with van der Waals surface area (Å²) in [5.74, 6) is 0.842. The van der Waals surface area contributed by atoms with E-state index in [4.69, 9.17) is 9.73 Å².